The molecule has 5 rings (SSSR count). The van der Waals surface area contributed by atoms with Gasteiger partial charge in [-0.2, -0.15) is 24.6 Å². The van der Waals surface area contributed by atoms with Gasteiger partial charge < -0.3 is 14.6 Å². The topological polar surface area (TPSA) is 88.0 Å². The average molecular weight is 671 g/mol. The predicted molar refractivity (Wildman–Crippen MR) is 187 cm³/mol. The van der Waals surface area contributed by atoms with Crippen LogP contribution in [0.1, 0.15) is 29.5 Å². The van der Waals surface area contributed by atoms with E-state index in [1.54, 1.807) is 11.4 Å². The molecule has 0 aliphatic carbocycles. The first-order chi connectivity index (χ1) is 22.5. The van der Waals surface area contributed by atoms with E-state index in [2.05, 4.69) is 46.9 Å². The van der Waals surface area contributed by atoms with Crippen LogP contribution in [0, 0.1) is 0 Å². The van der Waals surface area contributed by atoms with Crippen molar-refractivity contribution in [2.24, 2.45) is 4.40 Å². The first-order valence-corrected chi connectivity index (χ1v) is 18.6. The van der Waals surface area contributed by atoms with Gasteiger partial charge in [0.2, 0.25) is 0 Å². The predicted octanol–water partition coefficient (Wildman–Crippen LogP) is 7.82. The summed E-state index contributed by atoms with van der Waals surface area (Å²) < 4.78 is 40.1. The van der Waals surface area contributed by atoms with Crippen LogP contribution in [0.3, 0.4) is 0 Å². The van der Waals surface area contributed by atoms with Crippen LogP contribution in [0.25, 0.3) is 11.1 Å². The van der Waals surface area contributed by atoms with Crippen molar-refractivity contribution in [1.82, 2.24) is 0 Å². The molecule has 0 aliphatic rings. The van der Waals surface area contributed by atoms with Crippen molar-refractivity contribution < 1.29 is 23.0 Å². The first kappa shape index (κ1) is 33.3. The van der Waals surface area contributed by atoms with Gasteiger partial charge in [0, 0.05) is 12.2 Å². The maximum atomic E-state index is 12.4. The van der Waals surface area contributed by atoms with Crippen LogP contribution in [0.2, 0.25) is 0 Å². The lowest BCUT2D eigenvalue weighted by Gasteiger charge is -2.14. The minimum absolute atomic E-state index is 0.00287. The van der Waals surface area contributed by atoms with Gasteiger partial charge in [-0.25, -0.2) is 0 Å². The minimum atomic E-state index is -3.96. The number of ether oxygens (including phenoxy) is 2. The van der Waals surface area contributed by atoms with Crippen molar-refractivity contribution >= 4 is 39.0 Å². The Balaban J connectivity index is 1.04. The Kier molecular flexibility index (Phi) is 12.3. The van der Waals surface area contributed by atoms with Crippen molar-refractivity contribution in [2.75, 3.05) is 19.0 Å². The zero-order valence-electron chi connectivity index (χ0n) is 25.4. The highest BCUT2D eigenvalue weighted by Gasteiger charge is 2.13. The molecule has 0 N–H and O–H groups in total. The monoisotopic (exact) mass is 670 g/mol. The van der Waals surface area contributed by atoms with Crippen LogP contribution < -0.4 is 14.6 Å². The van der Waals surface area contributed by atoms with E-state index in [1.165, 1.54) is 17.2 Å². The SMILES string of the molecule is O=S(=O)(/N=C(/[O-])CCc1ccccc1-c1ccc(OCCCOc2cccc(CSCCc3ccccc3)c2)cc1)c1cccs1. The van der Waals surface area contributed by atoms with Crippen LogP contribution in [-0.2, 0) is 28.6 Å². The maximum Gasteiger partial charge on any atom is 0.290 e. The van der Waals surface area contributed by atoms with E-state index in [9.17, 15) is 13.5 Å². The molecule has 0 fully saturated rings. The molecular weight excluding hydrogens is 635 g/mol. The summed E-state index contributed by atoms with van der Waals surface area (Å²) in [7, 11) is -3.96. The molecule has 0 radical (unpaired) electrons. The number of thiophene rings is 1. The second-order valence-corrected chi connectivity index (χ2v) is 14.4. The van der Waals surface area contributed by atoms with Gasteiger partial charge in [0.05, 0.1) is 13.2 Å². The summed E-state index contributed by atoms with van der Waals surface area (Å²) in [4.78, 5) is 0. The van der Waals surface area contributed by atoms with E-state index in [0.717, 1.165) is 63.9 Å². The van der Waals surface area contributed by atoms with E-state index in [1.807, 2.05) is 72.4 Å². The normalized spacial score (nSPS) is 11.8. The summed E-state index contributed by atoms with van der Waals surface area (Å²) in [6.07, 6.45) is 2.21. The van der Waals surface area contributed by atoms with Gasteiger partial charge in [-0.15, -0.1) is 11.3 Å². The Bertz CT molecular complexity index is 1790. The van der Waals surface area contributed by atoms with Crippen molar-refractivity contribution in [3.63, 3.8) is 0 Å². The van der Waals surface area contributed by atoms with E-state index < -0.39 is 15.9 Å². The van der Waals surface area contributed by atoms with Crippen molar-refractivity contribution in [3.8, 4) is 22.6 Å². The van der Waals surface area contributed by atoms with Crippen molar-refractivity contribution in [2.45, 2.75) is 35.6 Å². The Morgan fingerprint density at radius 1 is 0.761 bits per heavy atom. The molecule has 0 aliphatic heterocycles. The Labute approximate surface area is 279 Å². The zero-order valence-corrected chi connectivity index (χ0v) is 27.9. The van der Waals surface area contributed by atoms with Crippen LogP contribution >= 0.6 is 23.1 Å². The molecule has 46 heavy (non-hydrogen) atoms. The molecule has 4 aromatic carbocycles. The third-order valence-corrected chi connectivity index (χ3v) is 10.8. The van der Waals surface area contributed by atoms with Gasteiger partial charge >= 0.3 is 0 Å². The van der Waals surface area contributed by atoms with Gasteiger partial charge in [-0.05, 0) is 94.4 Å². The lowest BCUT2D eigenvalue weighted by Crippen LogP contribution is -2.20. The number of aryl methyl sites for hydroxylation is 2. The van der Waals surface area contributed by atoms with Gasteiger partial charge in [0.25, 0.3) is 10.0 Å². The second-order valence-electron chi connectivity index (χ2n) is 10.6. The Morgan fingerprint density at radius 3 is 2.28 bits per heavy atom. The van der Waals surface area contributed by atoms with E-state index in [4.69, 9.17) is 9.47 Å². The number of hydrogen-bond donors (Lipinski definition) is 0. The van der Waals surface area contributed by atoms with Gasteiger partial charge in [0.15, 0.2) is 0 Å². The van der Waals surface area contributed by atoms with E-state index in [-0.39, 0.29) is 10.6 Å². The molecule has 1 aromatic heterocycles. The number of thioether (sulfide) groups is 1. The number of rotatable bonds is 17. The standard InChI is InChI=1S/C37H37NO5S3/c39-36(38-46(40,41)37-15-7-25-45-37)21-18-31-12-4-5-14-35(31)32-16-19-33(20-17-32)42-23-8-24-43-34-13-6-11-30(27-34)28-44-26-22-29-9-2-1-3-10-29/h1-7,9-17,19-20,25,27H,8,18,21-24,26,28H2,(H,38,39)/p-1. The minimum Gasteiger partial charge on any atom is -0.861 e. The molecule has 6 nitrogen and oxygen atoms in total. The molecule has 0 unspecified atom stereocenters. The Hall–Kier alpha value is -4.05. The van der Waals surface area contributed by atoms with Crippen LogP contribution in [0.15, 0.2) is 129 Å². The van der Waals surface area contributed by atoms with Crippen LogP contribution in [0.5, 0.6) is 11.5 Å². The zero-order chi connectivity index (χ0) is 32.0. The highest BCUT2D eigenvalue weighted by atomic mass is 32.2. The lowest BCUT2D eigenvalue weighted by atomic mass is 9.96. The number of hydrogen-bond acceptors (Lipinski definition) is 7. The third kappa shape index (κ3) is 10.2. The molecule has 0 bridgehead atoms. The highest BCUT2D eigenvalue weighted by Crippen LogP contribution is 2.27. The molecule has 5 aromatic rings. The van der Waals surface area contributed by atoms with Gasteiger partial charge in [-0.3, -0.25) is 0 Å². The third-order valence-electron chi connectivity index (χ3n) is 7.13. The Morgan fingerprint density at radius 2 is 1.50 bits per heavy atom. The first-order valence-electron chi connectivity index (χ1n) is 15.2. The number of benzene rings is 4. The summed E-state index contributed by atoms with van der Waals surface area (Å²) in [5.41, 5.74) is 5.54. The molecule has 9 heteroatoms. The maximum absolute atomic E-state index is 12.4. The number of nitrogens with zero attached hydrogens (tertiary/aromatic N) is 1. The van der Waals surface area contributed by atoms with Gasteiger partial charge in [-0.1, -0.05) is 84.9 Å². The smallest absolute Gasteiger partial charge is 0.290 e. The second kappa shape index (κ2) is 17.0. The highest BCUT2D eigenvalue weighted by molar-refractivity contribution is 7.98. The molecule has 0 saturated carbocycles. The fourth-order valence-corrected chi connectivity index (χ4v) is 7.67. The van der Waals surface area contributed by atoms with Crippen molar-refractivity contribution in [3.05, 3.63) is 137 Å². The van der Waals surface area contributed by atoms with Crippen LogP contribution in [0.4, 0.5) is 0 Å². The van der Waals surface area contributed by atoms with Crippen molar-refractivity contribution in [1.29, 1.82) is 0 Å². The fraction of sp³-hybridized carbons (Fsp3) is 0.216. The van der Waals surface area contributed by atoms with E-state index >= 15 is 0 Å². The average Bonchev–Trinajstić information content (AvgIpc) is 3.64. The quantitative estimate of drug-likeness (QED) is 0.0570. The largest absolute Gasteiger partial charge is 0.861 e. The molecule has 238 valence electrons. The molecule has 0 spiro atoms. The summed E-state index contributed by atoms with van der Waals surface area (Å²) >= 11 is 2.98. The molecule has 0 amide bonds. The van der Waals surface area contributed by atoms with E-state index in [0.29, 0.717) is 19.6 Å². The lowest BCUT2D eigenvalue weighted by molar-refractivity contribution is -0.218. The fourth-order valence-electron chi connectivity index (χ4n) is 4.82. The summed E-state index contributed by atoms with van der Waals surface area (Å²) in [5, 5.41) is 14.0. The molecule has 0 saturated heterocycles. The summed E-state index contributed by atoms with van der Waals surface area (Å²) in [5.74, 6) is 3.04. The molecule has 0 atom stereocenters. The van der Waals surface area contributed by atoms with Gasteiger partial charge in [0.1, 0.15) is 15.7 Å². The molecular formula is C37H36NO5S3-. The number of sulfonamides is 1. The summed E-state index contributed by atoms with van der Waals surface area (Å²) in [6.45, 7) is 1.10. The van der Waals surface area contributed by atoms with Crippen LogP contribution in [-0.4, -0.2) is 33.3 Å². The molecule has 1 heterocycles. The summed E-state index contributed by atoms with van der Waals surface area (Å²) in [6, 6.07) is 37.6.